The molecule has 0 unspecified atom stereocenters. The third-order valence-corrected chi connectivity index (χ3v) is 2.72. The molecular formula is C16H15FN2O. The van der Waals surface area contributed by atoms with Gasteiger partial charge in [0.15, 0.2) is 5.84 Å². The molecule has 0 aliphatic carbocycles. The number of likely N-dealkylation sites (N-methyl/N-ethyl adjacent to an activating group) is 1. The van der Waals surface area contributed by atoms with Gasteiger partial charge >= 0.3 is 0 Å². The minimum atomic E-state index is -0.329. The molecule has 2 aromatic carbocycles. The van der Waals surface area contributed by atoms with Crippen molar-refractivity contribution in [2.75, 3.05) is 14.1 Å². The van der Waals surface area contributed by atoms with Crippen LogP contribution in [-0.4, -0.2) is 30.6 Å². The van der Waals surface area contributed by atoms with Gasteiger partial charge in [0.25, 0.3) is 0 Å². The van der Waals surface area contributed by atoms with Crippen LogP contribution >= 0.6 is 0 Å². The molecule has 2 aromatic rings. The van der Waals surface area contributed by atoms with E-state index in [4.69, 9.17) is 0 Å². The zero-order valence-corrected chi connectivity index (χ0v) is 11.4. The van der Waals surface area contributed by atoms with Gasteiger partial charge in [-0.3, -0.25) is 4.79 Å². The fraction of sp³-hybridized carbons (Fsp3) is 0.125. The molecule has 0 N–H and O–H groups in total. The quantitative estimate of drug-likeness (QED) is 0.487. The fourth-order valence-corrected chi connectivity index (χ4v) is 1.71. The molecule has 0 aliphatic heterocycles. The van der Waals surface area contributed by atoms with Crippen molar-refractivity contribution in [1.29, 1.82) is 0 Å². The number of nitrogens with zero attached hydrogens (tertiary/aromatic N) is 2. The van der Waals surface area contributed by atoms with Gasteiger partial charge in [0.1, 0.15) is 5.82 Å². The summed E-state index contributed by atoms with van der Waals surface area (Å²) in [5, 5.41) is 0. The predicted octanol–water partition coefficient (Wildman–Crippen LogP) is 3.30. The van der Waals surface area contributed by atoms with Gasteiger partial charge in [-0.05, 0) is 24.3 Å². The highest BCUT2D eigenvalue weighted by atomic mass is 19.1. The maximum atomic E-state index is 12.9. The van der Waals surface area contributed by atoms with Crippen molar-refractivity contribution in [3.63, 3.8) is 0 Å². The molecule has 0 atom stereocenters. The molecule has 0 radical (unpaired) electrons. The third-order valence-electron chi connectivity index (χ3n) is 2.72. The van der Waals surface area contributed by atoms with E-state index < -0.39 is 0 Å². The normalized spacial score (nSPS) is 11.2. The van der Waals surface area contributed by atoms with E-state index in [1.807, 2.05) is 6.07 Å². The molecule has 102 valence electrons. The van der Waals surface area contributed by atoms with E-state index in [0.29, 0.717) is 17.1 Å². The van der Waals surface area contributed by atoms with Gasteiger partial charge in [-0.15, -0.1) is 0 Å². The number of amidine groups is 1. The second-order valence-corrected chi connectivity index (χ2v) is 4.50. The van der Waals surface area contributed by atoms with Crippen LogP contribution in [0.25, 0.3) is 0 Å². The van der Waals surface area contributed by atoms with Crippen molar-refractivity contribution in [1.82, 2.24) is 4.90 Å². The molecule has 0 heterocycles. The van der Waals surface area contributed by atoms with E-state index in [0.717, 1.165) is 0 Å². The third kappa shape index (κ3) is 3.29. The molecule has 0 fully saturated rings. The van der Waals surface area contributed by atoms with Crippen LogP contribution in [0, 0.1) is 5.82 Å². The zero-order chi connectivity index (χ0) is 14.5. The molecular weight excluding hydrogens is 255 g/mol. The summed E-state index contributed by atoms with van der Waals surface area (Å²) >= 11 is 0. The largest absolute Gasteiger partial charge is 0.359 e. The molecule has 0 saturated carbocycles. The molecule has 20 heavy (non-hydrogen) atoms. The first-order chi connectivity index (χ1) is 9.58. The van der Waals surface area contributed by atoms with Crippen molar-refractivity contribution < 1.29 is 9.18 Å². The Morgan fingerprint density at radius 3 is 2.15 bits per heavy atom. The van der Waals surface area contributed by atoms with Crippen LogP contribution < -0.4 is 0 Å². The topological polar surface area (TPSA) is 32.7 Å². The number of halogens is 1. The van der Waals surface area contributed by atoms with Crippen LogP contribution in [-0.2, 0) is 0 Å². The lowest BCUT2D eigenvalue weighted by atomic mass is 10.1. The van der Waals surface area contributed by atoms with Gasteiger partial charge in [-0.2, -0.15) is 0 Å². The summed E-state index contributed by atoms with van der Waals surface area (Å²) in [6, 6.07) is 14.7. The van der Waals surface area contributed by atoms with Crippen molar-refractivity contribution in [2.45, 2.75) is 0 Å². The summed E-state index contributed by atoms with van der Waals surface area (Å²) < 4.78 is 12.9. The average Bonchev–Trinajstić information content (AvgIpc) is 2.46. The second-order valence-electron chi connectivity index (χ2n) is 4.50. The summed E-state index contributed by atoms with van der Waals surface area (Å²) in [5.41, 5.74) is 1.11. The summed E-state index contributed by atoms with van der Waals surface area (Å²) in [6.45, 7) is 0. The van der Waals surface area contributed by atoms with Gasteiger partial charge in [-0.1, -0.05) is 30.3 Å². The number of aliphatic imine (C=N–C) groups is 1. The molecule has 0 saturated heterocycles. The summed E-state index contributed by atoms with van der Waals surface area (Å²) in [5.74, 6) is -0.188. The molecule has 0 aliphatic rings. The van der Waals surface area contributed by atoms with E-state index in [2.05, 4.69) is 4.99 Å². The maximum Gasteiger partial charge on any atom is 0.228 e. The first kappa shape index (κ1) is 13.9. The molecule has 0 aromatic heterocycles. The van der Waals surface area contributed by atoms with Gasteiger partial charge < -0.3 is 4.90 Å². The molecule has 3 nitrogen and oxygen atoms in total. The van der Waals surface area contributed by atoms with Crippen LogP contribution in [0.4, 0.5) is 10.1 Å². The number of rotatable bonds is 3. The van der Waals surface area contributed by atoms with Crippen LogP contribution in [0.15, 0.2) is 59.6 Å². The maximum absolute atomic E-state index is 12.9. The number of carbonyl (C=O) groups is 1. The standard InChI is InChI=1S/C16H15FN2O/c1-19(2)16(15(20)12-6-4-3-5-7-12)18-14-10-8-13(17)9-11-14/h3-11H,1-2H3. The van der Waals surface area contributed by atoms with E-state index in [9.17, 15) is 9.18 Å². The monoisotopic (exact) mass is 270 g/mol. The minimum Gasteiger partial charge on any atom is -0.359 e. The molecule has 0 amide bonds. The Kier molecular flexibility index (Phi) is 4.25. The number of hydrogen-bond donors (Lipinski definition) is 0. The summed E-state index contributed by atoms with van der Waals surface area (Å²) in [4.78, 5) is 18.4. The lowest BCUT2D eigenvalue weighted by Crippen LogP contribution is -2.30. The number of benzene rings is 2. The van der Waals surface area contributed by atoms with Crippen LogP contribution in [0.3, 0.4) is 0 Å². The highest BCUT2D eigenvalue weighted by Gasteiger charge is 2.15. The number of hydrogen-bond acceptors (Lipinski definition) is 2. The van der Waals surface area contributed by atoms with Gasteiger partial charge in [0.2, 0.25) is 5.78 Å². The van der Waals surface area contributed by atoms with E-state index in [-0.39, 0.29) is 11.6 Å². The SMILES string of the molecule is CN(C)C(=Nc1ccc(F)cc1)C(=O)c1ccccc1. The first-order valence-electron chi connectivity index (χ1n) is 6.19. The van der Waals surface area contributed by atoms with Gasteiger partial charge in [0.05, 0.1) is 5.69 Å². The number of carbonyl (C=O) groups excluding carboxylic acids is 1. The highest BCUT2D eigenvalue weighted by Crippen LogP contribution is 2.14. The lowest BCUT2D eigenvalue weighted by molar-refractivity contribution is 0.105. The van der Waals surface area contributed by atoms with Crippen molar-refractivity contribution in [3.05, 3.63) is 66.0 Å². The fourth-order valence-electron chi connectivity index (χ4n) is 1.71. The van der Waals surface area contributed by atoms with Crippen LogP contribution in [0.1, 0.15) is 10.4 Å². The number of ketones is 1. The Balaban J connectivity index is 2.36. The van der Waals surface area contributed by atoms with Gasteiger partial charge in [-0.25, -0.2) is 9.38 Å². The molecule has 4 heteroatoms. The molecule has 0 spiro atoms. The average molecular weight is 270 g/mol. The van der Waals surface area contributed by atoms with Crippen molar-refractivity contribution in [3.8, 4) is 0 Å². The lowest BCUT2D eigenvalue weighted by Gasteiger charge is -2.14. The Morgan fingerprint density at radius 2 is 1.60 bits per heavy atom. The van der Waals surface area contributed by atoms with E-state index >= 15 is 0 Å². The summed E-state index contributed by atoms with van der Waals surface area (Å²) in [6.07, 6.45) is 0. The molecule has 0 bridgehead atoms. The summed E-state index contributed by atoms with van der Waals surface area (Å²) in [7, 11) is 3.51. The Labute approximate surface area is 117 Å². The predicted molar refractivity (Wildman–Crippen MR) is 78.0 cm³/mol. The van der Waals surface area contributed by atoms with E-state index in [1.165, 1.54) is 24.3 Å². The Morgan fingerprint density at radius 1 is 1.00 bits per heavy atom. The zero-order valence-electron chi connectivity index (χ0n) is 11.4. The van der Waals surface area contributed by atoms with Gasteiger partial charge in [0, 0.05) is 19.7 Å². The Hall–Kier alpha value is -2.49. The van der Waals surface area contributed by atoms with E-state index in [1.54, 1.807) is 43.3 Å². The minimum absolute atomic E-state index is 0.167. The van der Waals surface area contributed by atoms with Crippen LogP contribution in [0.2, 0.25) is 0 Å². The van der Waals surface area contributed by atoms with Crippen molar-refractivity contribution >= 4 is 17.3 Å². The number of Topliss-reactive ketones (excluding diaryl/α,β-unsaturated/α-hetero) is 1. The molecule has 2 rings (SSSR count). The van der Waals surface area contributed by atoms with Crippen LogP contribution in [0.5, 0.6) is 0 Å². The first-order valence-corrected chi connectivity index (χ1v) is 6.19. The Bertz CT molecular complexity index is 619. The van der Waals surface area contributed by atoms with Crippen molar-refractivity contribution in [2.24, 2.45) is 4.99 Å². The smallest absolute Gasteiger partial charge is 0.228 e. The highest BCUT2D eigenvalue weighted by molar-refractivity contribution is 6.45. The second kappa shape index (κ2) is 6.10.